The number of hydrogen-bond acceptors (Lipinski definition) is 2. The molecule has 0 atom stereocenters. The molecule has 1 aromatic rings. The molecule has 0 saturated heterocycles. The summed E-state index contributed by atoms with van der Waals surface area (Å²) in [6.07, 6.45) is 0.701. The molecule has 0 spiro atoms. The summed E-state index contributed by atoms with van der Waals surface area (Å²) in [7, 11) is 0. The minimum atomic E-state index is 0.252. The van der Waals surface area contributed by atoms with E-state index in [9.17, 15) is 0 Å². The summed E-state index contributed by atoms with van der Waals surface area (Å²) < 4.78 is 0. The minimum absolute atomic E-state index is 0.252. The number of benzene rings is 1. The lowest BCUT2D eigenvalue weighted by Crippen LogP contribution is -2.18. The third kappa shape index (κ3) is 4.45. The SMILES string of the molecule is NCCC#Cc1cccc(NC(N)=S)c1. The first kappa shape index (κ1) is 11.5. The normalized spacial score (nSPS) is 8.87. The maximum atomic E-state index is 5.36. The second-order valence-electron chi connectivity index (χ2n) is 2.91. The summed E-state index contributed by atoms with van der Waals surface area (Å²) in [5.41, 5.74) is 12.5. The Balaban J connectivity index is 2.75. The van der Waals surface area contributed by atoms with E-state index in [0.717, 1.165) is 11.3 Å². The third-order valence-corrected chi connectivity index (χ3v) is 1.73. The van der Waals surface area contributed by atoms with Crippen LogP contribution in [0.3, 0.4) is 0 Å². The van der Waals surface area contributed by atoms with Crippen LogP contribution in [0, 0.1) is 11.8 Å². The molecule has 0 fully saturated rings. The van der Waals surface area contributed by atoms with Crippen molar-refractivity contribution >= 4 is 23.0 Å². The smallest absolute Gasteiger partial charge is 0.168 e. The minimum Gasteiger partial charge on any atom is -0.376 e. The van der Waals surface area contributed by atoms with Crippen molar-refractivity contribution in [2.75, 3.05) is 11.9 Å². The third-order valence-electron chi connectivity index (χ3n) is 1.63. The first-order valence-corrected chi connectivity index (χ1v) is 4.98. The molecule has 0 radical (unpaired) electrons. The molecule has 0 aromatic heterocycles. The second kappa shape index (κ2) is 6.02. The molecule has 0 bridgehead atoms. The van der Waals surface area contributed by atoms with Crippen molar-refractivity contribution in [2.45, 2.75) is 6.42 Å². The highest BCUT2D eigenvalue weighted by Gasteiger charge is 1.93. The molecule has 78 valence electrons. The van der Waals surface area contributed by atoms with Gasteiger partial charge in [-0.05, 0) is 30.4 Å². The Morgan fingerprint density at radius 3 is 2.93 bits per heavy atom. The quantitative estimate of drug-likeness (QED) is 0.514. The van der Waals surface area contributed by atoms with Gasteiger partial charge in [0.15, 0.2) is 5.11 Å². The van der Waals surface area contributed by atoms with Gasteiger partial charge in [-0.2, -0.15) is 0 Å². The van der Waals surface area contributed by atoms with Crippen molar-refractivity contribution in [3.63, 3.8) is 0 Å². The Bertz CT molecular complexity index is 404. The highest BCUT2D eigenvalue weighted by atomic mass is 32.1. The Morgan fingerprint density at radius 1 is 1.47 bits per heavy atom. The molecule has 0 heterocycles. The Morgan fingerprint density at radius 2 is 2.27 bits per heavy atom. The summed E-state index contributed by atoms with van der Waals surface area (Å²) in [6.45, 7) is 0.581. The van der Waals surface area contributed by atoms with Gasteiger partial charge in [-0.3, -0.25) is 0 Å². The van der Waals surface area contributed by atoms with Crippen LogP contribution in [0.1, 0.15) is 12.0 Å². The van der Waals surface area contributed by atoms with Crippen molar-refractivity contribution in [1.82, 2.24) is 0 Å². The molecule has 0 aliphatic rings. The lowest BCUT2D eigenvalue weighted by molar-refractivity contribution is 1.03. The fraction of sp³-hybridized carbons (Fsp3) is 0.182. The van der Waals surface area contributed by atoms with Crippen LogP contribution in [0.25, 0.3) is 0 Å². The first-order valence-electron chi connectivity index (χ1n) is 4.58. The van der Waals surface area contributed by atoms with Crippen LogP contribution >= 0.6 is 12.2 Å². The van der Waals surface area contributed by atoms with Crippen LogP contribution in [0.15, 0.2) is 24.3 Å². The summed E-state index contributed by atoms with van der Waals surface area (Å²) in [4.78, 5) is 0. The van der Waals surface area contributed by atoms with E-state index in [1.807, 2.05) is 24.3 Å². The Hall–Kier alpha value is -1.57. The summed E-state index contributed by atoms with van der Waals surface area (Å²) in [6, 6.07) is 7.59. The fourth-order valence-electron chi connectivity index (χ4n) is 1.05. The predicted octanol–water partition coefficient (Wildman–Crippen LogP) is 1.04. The number of anilines is 1. The van der Waals surface area contributed by atoms with E-state index in [1.54, 1.807) is 0 Å². The van der Waals surface area contributed by atoms with E-state index in [-0.39, 0.29) is 5.11 Å². The van der Waals surface area contributed by atoms with Gasteiger partial charge >= 0.3 is 0 Å². The molecule has 5 N–H and O–H groups in total. The van der Waals surface area contributed by atoms with Crippen molar-refractivity contribution in [3.8, 4) is 11.8 Å². The molecular formula is C11H13N3S. The van der Waals surface area contributed by atoms with E-state index in [4.69, 9.17) is 23.7 Å². The van der Waals surface area contributed by atoms with E-state index in [0.29, 0.717) is 13.0 Å². The Labute approximate surface area is 94.8 Å². The maximum absolute atomic E-state index is 5.36. The molecule has 1 aromatic carbocycles. The molecule has 0 unspecified atom stereocenters. The Kier molecular flexibility index (Phi) is 4.61. The van der Waals surface area contributed by atoms with Gasteiger partial charge in [0.05, 0.1) is 0 Å². The van der Waals surface area contributed by atoms with Crippen LogP contribution < -0.4 is 16.8 Å². The average molecular weight is 219 g/mol. The van der Waals surface area contributed by atoms with Crippen molar-refractivity contribution in [3.05, 3.63) is 29.8 Å². The second-order valence-corrected chi connectivity index (χ2v) is 3.35. The standard InChI is InChI=1S/C11H13N3S/c12-7-2-1-4-9-5-3-6-10(8-9)14-11(13)15/h3,5-6,8H,2,7,12H2,(H3,13,14,15). The van der Waals surface area contributed by atoms with Crippen LogP contribution in [0.4, 0.5) is 5.69 Å². The monoisotopic (exact) mass is 219 g/mol. The van der Waals surface area contributed by atoms with E-state index in [2.05, 4.69) is 17.2 Å². The number of rotatable bonds is 2. The lowest BCUT2D eigenvalue weighted by atomic mass is 10.2. The van der Waals surface area contributed by atoms with Crippen LogP contribution in [-0.2, 0) is 0 Å². The molecule has 0 aliphatic heterocycles. The van der Waals surface area contributed by atoms with E-state index in [1.165, 1.54) is 0 Å². The zero-order valence-electron chi connectivity index (χ0n) is 8.29. The largest absolute Gasteiger partial charge is 0.376 e. The van der Waals surface area contributed by atoms with Gasteiger partial charge in [0.1, 0.15) is 0 Å². The topological polar surface area (TPSA) is 64.1 Å². The summed E-state index contributed by atoms with van der Waals surface area (Å²) in [5.74, 6) is 5.97. The zero-order valence-corrected chi connectivity index (χ0v) is 9.10. The van der Waals surface area contributed by atoms with Gasteiger partial charge in [0.2, 0.25) is 0 Å². The number of nitrogens with two attached hydrogens (primary N) is 2. The number of thiocarbonyl (C=S) groups is 1. The molecule has 4 heteroatoms. The summed E-state index contributed by atoms with van der Waals surface area (Å²) in [5, 5.41) is 3.10. The first-order chi connectivity index (χ1) is 7.22. The predicted molar refractivity (Wildman–Crippen MR) is 67.4 cm³/mol. The molecule has 0 aliphatic carbocycles. The van der Waals surface area contributed by atoms with Crippen molar-refractivity contribution < 1.29 is 0 Å². The molecule has 15 heavy (non-hydrogen) atoms. The molecule has 0 saturated carbocycles. The van der Waals surface area contributed by atoms with E-state index >= 15 is 0 Å². The average Bonchev–Trinajstić information content (AvgIpc) is 2.18. The van der Waals surface area contributed by atoms with E-state index < -0.39 is 0 Å². The zero-order chi connectivity index (χ0) is 11.1. The maximum Gasteiger partial charge on any atom is 0.168 e. The molecular weight excluding hydrogens is 206 g/mol. The number of hydrogen-bond donors (Lipinski definition) is 3. The van der Waals surface area contributed by atoms with Gasteiger partial charge in [-0.1, -0.05) is 17.9 Å². The summed E-state index contributed by atoms with van der Waals surface area (Å²) >= 11 is 4.74. The van der Waals surface area contributed by atoms with Gasteiger partial charge in [0.25, 0.3) is 0 Å². The van der Waals surface area contributed by atoms with Crippen LogP contribution in [-0.4, -0.2) is 11.7 Å². The van der Waals surface area contributed by atoms with Gasteiger partial charge in [0, 0.05) is 24.2 Å². The molecule has 0 amide bonds. The highest BCUT2D eigenvalue weighted by molar-refractivity contribution is 7.80. The van der Waals surface area contributed by atoms with Crippen molar-refractivity contribution in [2.24, 2.45) is 11.5 Å². The van der Waals surface area contributed by atoms with Gasteiger partial charge in [-0.25, -0.2) is 0 Å². The van der Waals surface area contributed by atoms with Gasteiger partial charge < -0.3 is 16.8 Å². The van der Waals surface area contributed by atoms with Crippen molar-refractivity contribution in [1.29, 1.82) is 0 Å². The van der Waals surface area contributed by atoms with Crippen LogP contribution in [0.5, 0.6) is 0 Å². The molecule has 1 rings (SSSR count). The lowest BCUT2D eigenvalue weighted by Gasteiger charge is -2.02. The number of nitrogens with one attached hydrogen (secondary N) is 1. The fourth-order valence-corrected chi connectivity index (χ4v) is 1.17. The van der Waals surface area contributed by atoms with Crippen LogP contribution in [0.2, 0.25) is 0 Å². The van der Waals surface area contributed by atoms with Gasteiger partial charge in [-0.15, -0.1) is 0 Å². The highest BCUT2D eigenvalue weighted by Crippen LogP contribution is 2.09. The molecule has 3 nitrogen and oxygen atoms in total.